The maximum atomic E-state index is 12.0. The molecule has 0 saturated carbocycles. The minimum Gasteiger partial charge on any atom is -0.444 e. The Bertz CT molecular complexity index is 304. The molecule has 0 bridgehead atoms. The maximum Gasteiger partial charge on any atom is 0.410 e. The van der Waals surface area contributed by atoms with E-state index in [2.05, 4.69) is 13.2 Å². The molecule has 112 valence electrons. The van der Waals surface area contributed by atoms with E-state index in [1.165, 1.54) is 0 Å². The molecular formula is C14H27NO3S. The molecule has 1 saturated heterocycles. The molecule has 1 rings (SSSR count). The van der Waals surface area contributed by atoms with Gasteiger partial charge in [0.2, 0.25) is 0 Å². The predicted molar refractivity (Wildman–Crippen MR) is 79.8 cm³/mol. The lowest BCUT2D eigenvalue weighted by Crippen LogP contribution is -2.40. The monoisotopic (exact) mass is 289 g/mol. The number of ether oxygens (including phenoxy) is 2. The summed E-state index contributed by atoms with van der Waals surface area (Å²) in [7, 11) is 0. The molecule has 1 amide bonds. The van der Waals surface area contributed by atoms with Gasteiger partial charge in [-0.15, -0.1) is 0 Å². The van der Waals surface area contributed by atoms with E-state index >= 15 is 0 Å². The van der Waals surface area contributed by atoms with Crippen LogP contribution >= 0.6 is 11.8 Å². The van der Waals surface area contributed by atoms with E-state index in [0.717, 1.165) is 31.7 Å². The number of rotatable bonds is 5. The van der Waals surface area contributed by atoms with Crippen LogP contribution in [0.3, 0.4) is 0 Å². The van der Waals surface area contributed by atoms with Gasteiger partial charge in [-0.3, -0.25) is 0 Å². The van der Waals surface area contributed by atoms with E-state index in [9.17, 15) is 4.79 Å². The van der Waals surface area contributed by atoms with Gasteiger partial charge >= 0.3 is 6.09 Å². The molecule has 0 N–H and O–H groups in total. The highest BCUT2D eigenvalue weighted by Gasteiger charge is 2.40. The molecule has 0 aromatic heterocycles. The topological polar surface area (TPSA) is 38.8 Å². The smallest absolute Gasteiger partial charge is 0.410 e. The van der Waals surface area contributed by atoms with Gasteiger partial charge in [0.15, 0.2) is 0 Å². The van der Waals surface area contributed by atoms with Gasteiger partial charge < -0.3 is 14.4 Å². The Balaban J connectivity index is 2.52. The van der Waals surface area contributed by atoms with Crippen LogP contribution < -0.4 is 0 Å². The van der Waals surface area contributed by atoms with E-state index in [4.69, 9.17) is 9.47 Å². The van der Waals surface area contributed by atoms with Crippen molar-refractivity contribution in [3.63, 3.8) is 0 Å². The summed E-state index contributed by atoms with van der Waals surface area (Å²) >= 11 is 1.78. The molecule has 0 aliphatic carbocycles. The number of nitrogens with zero attached hydrogens (tertiary/aromatic N) is 1. The highest BCUT2D eigenvalue weighted by atomic mass is 32.2. The summed E-state index contributed by atoms with van der Waals surface area (Å²) in [4.78, 5) is 13.8. The third-order valence-electron chi connectivity index (χ3n) is 3.31. The molecule has 0 radical (unpaired) electrons. The highest BCUT2D eigenvalue weighted by molar-refractivity contribution is 7.98. The number of thioether (sulfide) groups is 1. The SMILES string of the molecule is CCC1(OCCSC)CCN(C(=O)OC(C)(C)C)C1. The van der Waals surface area contributed by atoms with E-state index in [1.807, 2.05) is 20.8 Å². The molecule has 1 fully saturated rings. The van der Waals surface area contributed by atoms with Crippen molar-refractivity contribution >= 4 is 17.9 Å². The Morgan fingerprint density at radius 1 is 1.42 bits per heavy atom. The summed E-state index contributed by atoms with van der Waals surface area (Å²) in [6.07, 6.45) is 3.68. The summed E-state index contributed by atoms with van der Waals surface area (Å²) in [5, 5.41) is 0. The van der Waals surface area contributed by atoms with Crippen molar-refractivity contribution in [3.8, 4) is 0 Å². The normalized spacial score (nSPS) is 23.7. The van der Waals surface area contributed by atoms with Crippen LogP contribution in [0.4, 0.5) is 4.79 Å². The second kappa shape index (κ2) is 6.84. The molecule has 4 nitrogen and oxygen atoms in total. The molecule has 1 unspecified atom stereocenters. The fourth-order valence-corrected chi connectivity index (χ4v) is 2.43. The Labute approximate surface area is 121 Å². The number of likely N-dealkylation sites (tertiary alicyclic amines) is 1. The number of amides is 1. The van der Waals surface area contributed by atoms with Gasteiger partial charge in [-0.2, -0.15) is 11.8 Å². The van der Waals surface area contributed by atoms with Crippen LogP contribution in [0.1, 0.15) is 40.5 Å². The quantitative estimate of drug-likeness (QED) is 0.729. The predicted octanol–water partition coefficient (Wildman–Crippen LogP) is 3.16. The van der Waals surface area contributed by atoms with E-state index in [1.54, 1.807) is 16.7 Å². The second-order valence-corrected chi connectivity index (χ2v) is 7.02. The summed E-state index contributed by atoms with van der Waals surface area (Å²) in [5.74, 6) is 0.994. The fraction of sp³-hybridized carbons (Fsp3) is 0.929. The van der Waals surface area contributed by atoms with Crippen LogP contribution in [0.2, 0.25) is 0 Å². The molecule has 0 aromatic rings. The minimum atomic E-state index is -0.436. The van der Waals surface area contributed by atoms with Gasteiger partial charge in [0.1, 0.15) is 5.60 Å². The van der Waals surface area contributed by atoms with Gasteiger partial charge in [-0.05, 0) is 39.9 Å². The molecule has 1 atom stereocenters. The fourth-order valence-electron chi connectivity index (χ4n) is 2.18. The molecule has 0 aromatic carbocycles. The van der Waals surface area contributed by atoms with E-state index in [0.29, 0.717) is 6.54 Å². The Kier molecular flexibility index (Phi) is 5.99. The number of hydrogen-bond acceptors (Lipinski definition) is 4. The van der Waals surface area contributed by atoms with Crippen molar-refractivity contribution in [2.45, 2.75) is 51.7 Å². The first-order valence-electron chi connectivity index (χ1n) is 6.93. The zero-order valence-corrected chi connectivity index (χ0v) is 13.6. The third kappa shape index (κ3) is 5.22. The highest BCUT2D eigenvalue weighted by Crippen LogP contribution is 2.30. The zero-order chi connectivity index (χ0) is 14.5. The first-order valence-corrected chi connectivity index (χ1v) is 8.32. The minimum absolute atomic E-state index is 0.174. The molecule has 19 heavy (non-hydrogen) atoms. The third-order valence-corrected chi connectivity index (χ3v) is 3.88. The van der Waals surface area contributed by atoms with E-state index in [-0.39, 0.29) is 11.7 Å². The van der Waals surface area contributed by atoms with Gasteiger partial charge in [0.05, 0.1) is 18.8 Å². The van der Waals surface area contributed by atoms with Crippen LogP contribution in [-0.2, 0) is 9.47 Å². The first kappa shape index (κ1) is 16.6. The largest absolute Gasteiger partial charge is 0.444 e. The Hall–Kier alpha value is -0.420. The summed E-state index contributed by atoms with van der Waals surface area (Å²) in [6, 6.07) is 0. The summed E-state index contributed by atoms with van der Waals surface area (Å²) in [6.45, 7) is 9.92. The zero-order valence-electron chi connectivity index (χ0n) is 12.8. The average Bonchev–Trinajstić information content (AvgIpc) is 2.73. The molecule has 1 aliphatic heterocycles. The van der Waals surface area contributed by atoms with Crippen molar-refractivity contribution < 1.29 is 14.3 Å². The first-order chi connectivity index (χ1) is 8.82. The maximum absolute atomic E-state index is 12.0. The molecule has 0 spiro atoms. The van der Waals surface area contributed by atoms with Gasteiger partial charge in [0.25, 0.3) is 0 Å². The lowest BCUT2D eigenvalue weighted by molar-refractivity contribution is -0.0351. The van der Waals surface area contributed by atoms with Crippen molar-refractivity contribution in [1.82, 2.24) is 4.90 Å². The molecular weight excluding hydrogens is 262 g/mol. The lowest BCUT2D eigenvalue weighted by Gasteiger charge is -2.29. The summed E-state index contributed by atoms with van der Waals surface area (Å²) in [5.41, 5.74) is -0.610. The number of carbonyl (C=O) groups is 1. The van der Waals surface area contributed by atoms with Crippen LogP contribution in [0, 0.1) is 0 Å². The van der Waals surface area contributed by atoms with Crippen LogP contribution in [0.5, 0.6) is 0 Å². The van der Waals surface area contributed by atoms with Crippen LogP contribution in [0.15, 0.2) is 0 Å². The van der Waals surface area contributed by atoms with Gasteiger partial charge in [-0.1, -0.05) is 6.92 Å². The second-order valence-electron chi connectivity index (χ2n) is 6.03. The van der Waals surface area contributed by atoms with Crippen LogP contribution in [0.25, 0.3) is 0 Å². The molecule has 1 heterocycles. The Morgan fingerprint density at radius 2 is 2.11 bits per heavy atom. The standard InChI is InChI=1S/C14H27NO3S/c1-6-14(17-9-10-19-5)7-8-15(11-14)12(16)18-13(2,3)4/h6-11H2,1-5H3. The van der Waals surface area contributed by atoms with Crippen molar-refractivity contribution in [2.24, 2.45) is 0 Å². The van der Waals surface area contributed by atoms with Crippen molar-refractivity contribution in [2.75, 3.05) is 31.7 Å². The van der Waals surface area contributed by atoms with E-state index < -0.39 is 5.60 Å². The van der Waals surface area contributed by atoms with Crippen molar-refractivity contribution in [3.05, 3.63) is 0 Å². The summed E-state index contributed by atoms with van der Waals surface area (Å²) < 4.78 is 11.4. The number of hydrogen-bond donors (Lipinski definition) is 0. The molecule has 1 aliphatic rings. The number of carbonyl (C=O) groups excluding carboxylic acids is 1. The lowest BCUT2D eigenvalue weighted by atomic mass is 10.00. The molecule has 5 heteroatoms. The van der Waals surface area contributed by atoms with Crippen molar-refractivity contribution in [1.29, 1.82) is 0 Å². The average molecular weight is 289 g/mol. The van der Waals surface area contributed by atoms with Crippen LogP contribution in [-0.4, -0.2) is 53.9 Å². The Morgan fingerprint density at radius 3 is 2.63 bits per heavy atom. The van der Waals surface area contributed by atoms with Gasteiger partial charge in [-0.25, -0.2) is 4.79 Å². The van der Waals surface area contributed by atoms with Gasteiger partial charge in [0, 0.05) is 12.3 Å².